The summed E-state index contributed by atoms with van der Waals surface area (Å²) in [5.41, 5.74) is 0.357. The number of carbonyl (C=O) groups excluding carboxylic acids is 1. The Morgan fingerprint density at radius 3 is 2.72 bits per heavy atom. The summed E-state index contributed by atoms with van der Waals surface area (Å²) in [4.78, 5) is 11.8. The highest BCUT2D eigenvalue weighted by atomic mass is 35.5. The molecule has 2 rings (SSSR count). The molecule has 0 saturated carbocycles. The Bertz CT molecular complexity index is 909. The summed E-state index contributed by atoms with van der Waals surface area (Å²) < 4.78 is 42.4. The second-order valence-electron chi connectivity index (χ2n) is 5.27. The van der Waals surface area contributed by atoms with E-state index in [0.717, 1.165) is 16.6 Å². The molecule has 1 aromatic carbocycles. The van der Waals surface area contributed by atoms with E-state index in [2.05, 4.69) is 5.32 Å². The molecule has 1 amide bonds. The summed E-state index contributed by atoms with van der Waals surface area (Å²) >= 11 is 5.64. The standard InChI is InChI=1S/C16H16ClFN2O4S/c1-20(25(2,22)23)10-13-5-4-12(24-13)6-8-16(21)19-11-3-7-15(18)14(17)9-11/h3-9H,10H2,1-2H3,(H,19,21)/b8-6+. The first-order chi connectivity index (χ1) is 11.6. The maximum absolute atomic E-state index is 13.1. The van der Waals surface area contributed by atoms with Crippen LogP contribution in [-0.2, 0) is 21.4 Å². The summed E-state index contributed by atoms with van der Waals surface area (Å²) in [6.07, 6.45) is 3.77. The van der Waals surface area contributed by atoms with Gasteiger partial charge in [-0.1, -0.05) is 11.6 Å². The van der Waals surface area contributed by atoms with E-state index < -0.39 is 21.7 Å². The Morgan fingerprint density at radius 1 is 1.36 bits per heavy atom. The number of hydrogen-bond acceptors (Lipinski definition) is 4. The molecule has 1 aromatic heterocycles. The lowest BCUT2D eigenvalue weighted by Crippen LogP contribution is -2.24. The van der Waals surface area contributed by atoms with Crippen molar-refractivity contribution < 1.29 is 22.0 Å². The van der Waals surface area contributed by atoms with Crippen LogP contribution in [0, 0.1) is 5.82 Å². The smallest absolute Gasteiger partial charge is 0.248 e. The fourth-order valence-electron chi connectivity index (χ4n) is 1.82. The first-order valence-corrected chi connectivity index (χ1v) is 9.32. The highest BCUT2D eigenvalue weighted by molar-refractivity contribution is 7.88. The van der Waals surface area contributed by atoms with Crippen molar-refractivity contribution in [2.75, 3.05) is 18.6 Å². The first-order valence-electron chi connectivity index (χ1n) is 7.09. The number of rotatable bonds is 6. The van der Waals surface area contributed by atoms with Crippen molar-refractivity contribution in [3.8, 4) is 0 Å². The minimum absolute atomic E-state index is 0.0902. The zero-order chi connectivity index (χ0) is 18.6. The van der Waals surface area contributed by atoms with Crippen molar-refractivity contribution in [2.45, 2.75) is 6.54 Å². The van der Waals surface area contributed by atoms with Gasteiger partial charge in [-0.3, -0.25) is 4.79 Å². The molecule has 134 valence electrons. The number of hydrogen-bond donors (Lipinski definition) is 1. The number of anilines is 1. The van der Waals surface area contributed by atoms with E-state index in [4.69, 9.17) is 16.0 Å². The summed E-state index contributed by atoms with van der Waals surface area (Å²) in [6.45, 7) is 0.0902. The van der Waals surface area contributed by atoms with E-state index in [-0.39, 0.29) is 11.6 Å². The third-order valence-electron chi connectivity index (χ3n) is 3.21. The lowest BCUT2D eigenvalue weighted by Gasteiger charge is -2.11. The maximum atomic E-state index is 13.1. The number of amides is 1. The molecule has 1 N–H and O–H groups in total. The SMILES string of the molecule is CN(Cc1ccc(/C=C/C(=O)Nc2ccc(F)c(Cl)c2)o1)S(C)(=O)=O. The molecule has 0 atom stereocenters. The number of nitrogens with one attached hydrogen (secondary N) is 1. The van der Waals surface area contributed by atoms with Crippen molar-refractivity contribution in [2.24, 2.45) is 0 Å². The summed E-state index contributed by atoms with van der Waals surface area (Å²) in [6, 6.07) is 7.08. The normalized spacial score (nSPS) is 12.0. The van der Waals surface area contributed by atoms with Gasteiger partial charge in [0.05, 0.1) is 17.8 Å². The number of nitrogens with zero attached hydrogens (tertiary/aromatic N) is 1. The molecule has 2 aromatic rings. The van der Waals surface area contributed by atoms with Crippen LogP contribution in [0.2, 0.25) is 5.02 Å². The van der Waals surface area contributed by atoms with Gasteiger partial charge in [0, 0.05) is 18.8 Å². The molecule has 0 unspecified atom stereocenters. The Morgan fingerprint density at radius 2 is 2.08 bits per heavy atom. The molecule has 0 spiro atoms. The van der Waals surface area contributed by atoms with E-state index >= 15 is 0 Å². The fourth-order valence-corrected chi connectivity index (χ4v) is 2.36. The van der Waals surface area contributed by atoms with Gasteiger partial charge in [0.2, 0.25) is 15.9 Å². The number of benzene rings is 1. The number of halogens is 2. The van der Waals surface area contributed by atoms with Crippen LogP contribution in [0.15, 0.2) is 40.8 Å². The Balaban J connectivity index is 1.97. The van der Waals surface area contributed by atoms with Gasteiger partial charge >= 0.3 is 0 Å². The quantitative estimate of drug-likeness (QED) is 0.773. The van der Waals surface area contributed by atoms with Gasteiger partial charge in [-0.05, 0) is 36.4 Å². The van der Waals surface area contributed by atoms with Gasteiger partial charge in [0.1, 0.15) is 17.3 Å². The molecular formula is C16H16ClFN2O4S. The van der Waals surface area contributed by atoms with Crippen molar-refractivity contribution in [1.82, 2.24) is 4.31 Å². The molecule has 0 radical (unpaired) electrons. The minimum atomic E-state index is -3.30. The molecule has 9 heteroatoms. The van der Waals surface area contributed by atoms with Crippen molar-refractivity contribution in [3.63, 3.8) is 0 Å². The Labute approximate surface area is 149 Å². The summed E-state index contributed by atoms with van der Waals surface area (Å²) in [7, 11) is -1.87. The van der Waals surface area contributed by atoms with E-state index in [9.17, 15) is 17.6 Å². The van der Waals surface area contributed by atoms with Crippen LogP contribution in [0.25, 0.3) is 6.08 Å². The fraction of sp³-hybridized carbons (Fsp3) is 0.188. The highest BCUT2D eigenvalue weighted by Gasteiger charge is 2.13. The Kier molecular flexibility index (Phi) is 5.99. The molecule has 0 aliphatic rings. The van der Waals surface area contributed by atoms with E-state index in [1.807, 2.05) is 0 Å². The van der Waals surface area contributed by atoms with Crippen LogP contribution < -0.4 is 5.32 Å². The molecule has 0 bridgehead atoms. The van der Waals surface area contributed by atoms with Crippen molar-refractivity contribution >= 4 is 39.3 Å². The highest BCUT2D eigenvalue weighted by Crippen LogP contribution is 2.19. The van der Waals surface area contributed by atoms with Gasteiger partial charge < -0.3 is 9.73 Å². The molecule has 1 heterocycles. The minimum Gasteiger partial charge on any atom is -0.460 e. The average Bonchev–Trinajstić information content (AvgIpc) is 2.95. The maximum Gasteiger partial charge on any atom is 0.248 e. The van der Waals surface area contributed by atoms with Crippen LogP contribution in [-0.4, -0.2) is 31.9 Å². The van der Waals surface area contributed by atoms with Gasteiger partial charge in [-0.2, -0.15) is 4.31 Å². The molecular weight excluding hydrogens is 371 g/mol. The molecule has 0 aliphatic carbocycles. The topological polar surface area (TPSA) is 79.6 Å². The van der Waals surface area contributed by atoms with Gasteiger partial charge in [-0.15, -0.1) is 0 Å². The van der Waals surface area contributed by atoms with Crippen LogP contribution in [0.5, 0.6) is 0 Å². The second-order valence-corrected chi connectivity index (χ2v) is 7.77. The van der Waals surface area contributed by atoms with Gasteiger partial charge in [0.25, 0.3) is 0 Å². The monoisotopic (exact) mass is 386 g/mol. The van der Waals surface area contributed by atoms with E-state index in [1.165, 1.54) is 31.3 Å². The van der Waals surface area contributed by atoms with Crippen LogP contribution in [0.3, 0.4) is 0 Å². The third kappa shape index (κ3) is 5.70. The second kappa shape index (κ2) is 7.81. The lowest BCUT2D eigenvalue weighted by molar-refractivity contribution is -0.111. The van der Waals surface area contributed by atoms with Gasteiger partial charge in [-0.25, -0.2) is 12.8 Å². The summed E-state index contributed by atoms with van der Waals surface area (Å²) in [5, 5.41) is 2.44. The predicted molar refractivity (Wildman–Crippen MR) is 94.1 cm³/mol. The predicted octanol–water partition coefficient (Wildman–Crippen LogP) is 3.12. The lowest BCUT2D eigenvalue weighted by atomic mass is 10.3. The zero-order valence-electron chi connectivity index (χ0n) is 13.5. The molecule has 0 fully saturated rings. The Hall–Kier alpha value is -2.16. The van der Waals surface area contributed by atoms with Crippen LogP contribution in [0.1, 0.15) is 11.5 Å². The largest absolute Gasteiger partial charge is 0.460 e. The third-order valence-corrected chi connectivity index (χ3v) is 4.76. The van der Waals surface area contributed by atoms with E-state index in [0.29, 0.717) is 17.2 Å². The van der Waals surface area contributed by atoms with E-state index in [1.54, 1.807) is 12.1 Å². The van der Waals surface area contributed by atoms with Gasteiger partial charge in [0.15, 0.2) is 0 Å². The summed E-state index contributed by atoms with van der Waals surface area (Å²) in [5.74, 6) is -0.186. The first kappa shape index (κ1) is 19.2. The molecule has 0 aliphatic heterocycles. The van der Waals surface area contributed by atoms with Crippen LogP contribution >= 0.6 is 11.6 Å². The average molecular weight is 387 g/mol. The van der Waals surface area contributed by atoms with Crippen molar-refractivity contribution in [1.29, 1.82) is 0 Å². The number of sulfonamides is 1. The number of furan rings is 1. The zero-order valence-corrected chi connectivity index (χ0v) is 15.1. The molecule has 0 saturated heterocycles. The molecule has 25 heavy (non-hydrogen) atoms. The van der Waals surface area contributed by atoms with Crippen LogP contribution in [0.4, 0.5) is 10.1 Å². The molecule has 6 nitrogen and oxygen atoms in total. The number of carbonyl (C=O) groups is 1. The van der Waals surface area contributed by atoms with Crippen molar-refractivity contribution in [3.05, 3.63) is 58.8 Å².